The maximum Gasteiger partial charge on any atom is 0.373 e. The minimum atomic E-state index is -1.85. The van der Waals surface area contributed by atoms with Gasteiger partial charge < -0.3 is 81.3 Å². The van der Waals surface area contributed by atoms with Crippen LogP contribution in [-0.4, -0.2) is 203 Å². The summed E-state index contributed by atoms with van der Waals surface area (Å²) in [7, 11) is 0. The maximum absolute atomic E-state index is 11.3. The average molecular weight is 1730 g/mol. The Morgan fingerprint density at radius 1 is 0.434 bits per heavy atom. The van der Waals surface area contributed by atoms with Crippen molar-refractivity contribution in [2.45, 2.75) is 136 Å². The first-order chi connectivity index (χ1) is 56.9. The largest absolute Gasteiger partial charge is 0.508 e. The number of allylic oxidation sites excluding steroid dienone is 1. The number of epoxide rings is 1. The highest BCUT2D eigenvalue weighted by Crippen LogP contribution is 2.37. The van der Waals surface area contributed by atoms with Gasteiger partial charge in [-0.15, -0.1) is 25.0 Å². The van der Waals surface area contributed by atoms with Gasteiger partial charge in [-0.2, -0.15) is 28.8 Å². The predicted octanol–water partition coefficient (Wildman–Crippen LogP) is 7.87. The fourth-order valence-corrected chi connectivity index (χ4v) is 8.93. The second kappa shape index (κ2) is 66.6. The highest BCUT2D eigenvalue weighted by Gasteiger charge is 2.39. The van der Waals surface area contributed by atoms with Crippen molar-refractivity contribution in [1.29, 1.82) is 0 Å². The lowest BCUT2D eigenvalue weighted by molar-refractivity contribution is -0.193. The van der Waals surface area contributed by atoms with Crippen molar-refractivity contribution in [3.8, 4) is 18.1 Å². The van der Waals surface area contributed by atoms with Crippen LogP contribution < -0.4 is 0 Å². The normalized spacial score (nSPS) is 14.2. The Balaban J connectivity index is -0.000000417. The Morgan fingerprint density at radius 3 is 0.926 bits per heavy atom. The number of benzene rings is 5. The SMILES string of the molecule is C#CCC(C(C)=O)C(=O)O.C=C1C[C@@H]1C.CC(=O)C(CC(=O)O)c1ccc(S)cc1.C[C@H]1CO1.C[C@H]1C[C@H]1C(=O)O.Cc1ccc(CC(CC(=O)O)C(=O)O)cc1.O=C(O)C(Cc1ccc(O)cc1)C(=O)O.O=C(O)CC(C(=O)O)C(=O)O.O=C(O)CC(Cc1ccccc1)C(=O)O.O=C(O)CC(Cc1ccccc1)C(=O)O.O=C=O.O=C=O.O=C=O. The average Bonchev–Trinajstić information content (AvgIpc) is 1.72. The molecule has 5 unspecified atom stereocenters. The number of aryl methyl sites for hydroxylation is 1. The Labute approximate surface area is 702 Å². The zero-order chi connectivity index (χ0) is 95.1. The van der Waals surface area contributed by atoms with Gasteiger partial charge in [0.2, 0.25) is 0 Å². The number of carbonyl (C=O) groups excluding carboxylic acids is 8. The number of aliphatic carboxylic acids is 14. The van der Waals surface area contributed by atoms with Gasteiger partial charge in [0.25, 0.3) is 0 Å². The van der Waals surface area contributed by atoms with Crippen molar-refractivity contribution in [3.05, 3.63) is 179 Å². The fourth-order valence-electron chi connectivity index (χ4n) is 8.78. The van der Waals surface area contributed by atoms with Crippen LogP contribution in [0.15, 0.2) is 151 Å². The number of carboxylic acid groups (broad SMARTS) is 14. The van der Waals surface area contributed by atoms with Crippen LogP contribution in [-0.2, 0) is 136 Å². The number of thiol groups is 1. The molecule has 1 aliphatic heterocycles. The van der Waals surface area contributed by atoms with E-state index in [9.17, 15) is 76.7 Å². The summed E-state index contributed by atoms with van der Waals surface area (Å²) >= 11 is 4.12. The summed E-state index contributed by atoms with van der Waals surface area (Å²) in [4.78, 5) is 217. The van der Waals surface area contributed by atoms with Gasteiger partial charge in [-0.05, 0) is 130 Å². The molecule has 0 spiro atoms. The van der Waals surface area contributed by atoms with Crippen molar-refractivity contribution >= 4 is 126 Å². The van der Waals surface area contributed by atoms with Gasteiger partial charge in [0.1, 0.15) is 23.2 Å². The number of phenolic OH excluding ortho intramolecular Hbond substituents is 1. The molecule has 8 rings (SSSR count). The third-order valence-electron chi connectivity index (χ3n) is 15.8. The molecule has 15 N–H and O–H groups in total. The van der Waals surface area contributed by atoms with Crippen LogP contribution in [0.1, 0.15) is 125 Å². The molecule has 2 saturated carbocycles. The number of carbonyl (C=O) groups is 16. The molecule has 9 atom stereocenters. The molecule has 5 aromatic rings. The molecule has 0 radical (unpaired) electrons. The number of hydrogen-bond donors (Lipinski definition) is 16. The molecule has 0 aromatic heterocycles. The quantitative estimate of drug-likeness (QED) is 0.00659. The van der Waals surface area contributed by atoms with Gasteiger partial charge >= 0.3 is 102 Å². The van der Waals surface area contributed by atoms with Crippen molar-refractivity contribution in [3.63, 3.8) is 0 Å². The summed E-state index contributed by atoms with van der Waals surface area (Å²) in [6, 6.07) is 38.2. The number of phenols is 1. The second-order valence-corrected chi connectivity index (χ2v) is 26.5. The predicted molar refractivity (Wildman–Crippen MR) is 420 cm³/mol. The van der Waals surface area contributed by atoms with Crippen LogP contribution in [0.4, 0.5) is 0 Å². The number of Topliss-reactive ketones (excluding diaryl/α,β-unsaturated/α-hetero) is 2. The lowest BCUT2D eigenvalue weighted by atomic mass is 9.92. The Kier molecular flexibility index (Phi) is 63.4. The van der Waals surface area contributed by atoms with Gasteiger partial charge in [-0.1, -0.05) is 141 Å². The summed E-state index contributed by atoms with van der Waals surface area (Å²) in [5.41, 5.74) is 6.32. The van der Waals surface area contributed by atoms with E-state index in [2.05, 4.69) is 39.0 Å². The smallest absolute Gasteiger partial charge is 0.373 e. The molecule has 0 bridgehead atoms. The van der Waals surface area contributed by atoms with Gasteiger partial charge in [0.05, 0.1) is 74.4 Å². The molecule has 5 aromatic carbocycles. The first-order valence-corrected chi connectivity index (χ1v) is 35.9. The number of terminal acetylenes is 1. The van der Waals surface area contributed by atoms with Gasteiger partial charge in [-0.25, -0.2) is 0 Å². The molecule has 662 valence electrons. The van der Waals surface area contributed by atoms with Crippen molar-refractivity contribution in [2.24, 2.45) is 53.3 Å². The number of ether oxygens (including phenoxy) is 1. The van der Waals surface area contributed by atoms with Crippen molar-refractivity contribution in [2.75, 3.05) is 6.61 Å². The molecular weight excluding hydrogens is 1640 g/mol. The topological polar surface area (TPSA) is 692 Å². The van der Waals surface area contributed by atoms with E-state index in [1.165, 1.54) is 50.1 Å². The standard InChI is InChI=1S/C12H14O4.2C11H12O4.C11H12O3S.C10H10O5.C7H8O3.C5H6O6.C5H8O2.C5H8.C3H6O.3CO2/c1-8-2-4-9(5-3-8)6-10(12(15)16)7-11(13)14;2*12-10(13)7-9(11(14)15)6-8-4-2-1-3-5-8;1-7(12)10(6-11(13)14)8-2-4-9(15)5-3-8;11-7-3-1-6(2-4-7)5-8(9(12)13)10(14)15;1-3-4-6(5(2)8)7(9)10;6-3(7)1-2(4(8)9)5(10)11;1-3-2-4(3)5(6)7;1-4-3-5(4)2;1-3-2-4-3;3*2-1-3/h2-5,10H,6-7H2,1H3,(H,13,14)(H,15,16);2*1-5,9H,6-7H2,(H,12,13)(H,14,15);2-5,10,15H,6H2,1H3,(H,13,14);1-4,8,11H,5H2,(H,12,13)(H,14,15);1,6H,4H2,2H3,(H,9,10);2H,1H2,(H,6,7)(H,8,9)(H,10,11);3-4H,2H2,1H3,(H,6,7);5H,1,3H2,2H3;3H,2H2,1H3;;;/t;;;;;;;3-,4+;5-;3-;;;/m.......000.../s1. The van der Waals surface area contributed by atoms with Crippen LogP contribution in [0.25, 0.3) is 0 Å². The van der Waals surface area contributed by atoms with Crippen LogP contribution in [0.5, 0.6) is 5.75 Å². The summed E-state index contributed by atoms with van der Waals surface area (Å²) in [5, 5.41) is 128. The van der Waals surface area contributed by atoms with Gasteiger partial charge in [0, 0.05) is 11.3 Å². The number of hydrogen-bond acceptors (Lipinski definition) is 25. The lowest BCUT2D eigenvalue weighted by Crippen LogP contribution is -2.25. The van der Waals surface area contributed by atoms with E-state index < -0.39 is 137 Å². The lowest BCUT2D eigenvalue weighted by Gasteiger charge is -2.11. The fraction of sp³-hybridized carbons (Fsp3) is 0.361. The number of aromatic hydroxyl groups is 1. The first-order valence-electron chi connectivity index (χ1n) is 35.4. The summed E-state index contributed by atoms with van der Waals surface area (Å²) in [5.74, 6) is -21.2. The molecule has 3 aliphatic rings. The van der Waals surface area contributed by atoms with E-state index in [0.717, 1.165) is 51.7 Å². The Morgan fingerprint density at radius 2 is 0.721 bits per heavy atom. The summed E-state index contributed by atoms with van der Waals surface area (Å²) in [6.45, 7) is 15.5. The number of rotatable bonds is 31. The van der Waals surface area contributed by atoms with Crippen LogP contribution >= 0.6 is 12.6 Å². The van der Waals surface area contributed by atoms with E-state index in [0.29, 0.717) is 17.6 Å². The number of ketones is 2. The third-order valence-corrected chi connectivity index (χ3v) is 16.1. The van der Waals surface area contributed by atoms with Crippen LogP contribution in [0, 0.1) is 72.5 Å². The Bertz CT molecular complexity index is 4180. The zero-order valence-electron chi connectivity index (χ0n) is 66.6. The Hall–Kier alpha value is -14.4. The number of carboxylic acids is 14. The molecule has 122 heavy (non-hydrogen) atoms. The molecule has 2 aliphatic carbocycles. The van der Waals surface area contributed by atoms with E-state index >= 15 is 0 Å². The maximum atomic E-state index is 11.3. The van der Waals surface area contributed by atoms with Gasteiger partial charge in [-0.3, -0.25) is 76.7 Å². The summed E-state index contributed by atoms with van der Waals surface area (Å²) < 4.78 is 4.71. The monoisotopic (exact) mass is 1730 g/mol. The second-order valence-electron chi connectivity index (χ2n) is 26.0. The molecule has 38 nitrogen and oxygen atoms in total. The minimum Gasteiger partial charge on any atom is -0.508 e. The van der Waals surface area contributed by atoms with E-state index in [1.807, 2.05) is 50.2 Å². The van der Waals surface area contributed by atoms with E-state index in [4.69, 9.17) is 117 Å². The highest BCUT2D eigenvalue weighted by atomic mass is 32.1. The van der Waals surface area contributed by atoms with Crippen LogP contribution in [0.2, 0.25) is 0 Å². The zero-order valence-corrected chi connectivity index (χ0v) is 67.5. The molecule has 39 heteroatoms. The van der Waals surface area contributed by atoms with Crippen molar-refractivity contribution < 1.29 is 187 Å². The van der Waals surface area contributed by atoms with E-state index in [1.54, 1.807) is 72.8 Å². The van der Waals surface area contributed by atoms with E-state index in [-0.39, 0.29) is 93.7 Å². The van der Waals surface area contributed by atoms with Crippen LogP contribution in [0.3, 0.4) is 0 Å². The molecular formula is C83H96O38S. The summed E-state index contributed by atoms with van der Waals surface area (Å²) in [6.07, 6.45) is 6.88. The van der Waals surface area contributed by atoms with Crippen molar-refractivity contribution in [1.82, 2.24) is 0 Å². The third kappa shape index (κ3) is 64.7. The van der Waals surface area contributed by atoms with Gasteiger partial charge in [0.15, 0.2) is 11.8 Å². The molecule has 3 fully saturated rings. The first kappa shape index (κ1) is 116. The molecule has 1 heterocycles. The molecule has 1 saturated heterocycles. The molecule has 0 amide bonds. The highest BCUT2D eigenvalue weighted by molar-refractivity contribution is 7.80. The minimum absolute atomic E-state index is 0.0139.